The molecule has 1 unspecified atom stereocenters. The highest BCUT2D eigenvalue weighted by Gasteiger charge is 2.29. The molecule has 0 radical (unpaired) electrons. The highest BCUT2D eigenvalue weighted by atomic mass is 35.5. The third kappa shape index (κ3) is 5.38. The minimum absolute atomic E-state index is 0.0236. The lowest BCUT2D eigenvalue weighted by Gasteiger charge is -2.28. The highest BCUT2D eigenvalue weighted by Crippen LogP contribution is 2.26. The molecule has 1 aromatic rings. The topological polar surface area (TPSA) is 66.4 Å². The molecule has 4 nitrogen and oxygen atoms in total. The maximum absolute atomic E-state index is 12.4. The van der Waals surface area contributed by atoms with Crippen LogP contribution < -0.4 is 4.72 Å². The van der Waals surface area contributed by atoms with Crippen LogP contribution in [-0.4, -0.2) is 25.7 Å². The number of aliphatic hydroxyl groups is 1. The van der Waals surface area contributed by atoms with E-state index in [0.717, 1.165) is 17.8 Å². The van der Waals surface area contributed by atoms with Gasteiger partial charge in [0.05, 0.1) is 16.5 Å². The van der Waals surface area contributed by atoms with E-state index in [1.165, 1.54) is 6.07 Å². The lowest BCUT2D eigenvalue weighted by Crippen LogP contribution is -2.47. The molecule has 7 heteroatoms. The first-order valence-corrected chi connectivity index (χ1v) is 9.56. The summed E-state index contributed by atoms with van der Waals surface area (Å²) in [5.41, 5.74) is 0. The van der Waals surface area contributed by atoms with E-state index < -0.39 is 22.2 Å². The number of thiophene rings is 1. The summed E-state index contributed by atoms with van der Waals surface area (Å²) in [5, 5.41) is 10.3. The van der Waals surface area contributed by atoms with Gasteiger partial charge in [-0.15, -0.1) is 11.3 Å². The van der Waals surface area contributed by atoms with Crippen LogP contribution in [0.3, 0.4) is 0 Å². The molecule has 0 bridgehead atoms. The van der Waals surface area contributed by atoms with Gasteiger partial charge in [0.25, 0.3) is 0 Å². The zero-order valence-electron chi connectivity index (χ0n) is 12.4. The molecule has 1 rings (SSSR count). The first-order chi connectivity index (χ1) is 9.81. The van der Waals surface area contributed by atoms with Gasteiger partial charge in [-0.3, -0.25) is 0 Å². The van der Waals surface area contributed by atoms with Gasteiger partial charge in [-0.25, -0.2) is 13.1 Å². The van der Waals surface area contributed by atoms with Crippen molar-refractivity contribution in [2.24, 2.45) is 5.92 Å². The van der Waals surface area contributed by atoms with Crippen molar-refractivity contribution in [2.45, 2.75) is 50.0 Å². The Labute approximate surface area is 135 Å². The predicted octanol–water partition coefficient (Wildman–Crippen LogP) is 3.42. The Morgan fingerprint density at radius 1 is 1.48 bits per heavy atom. The van der Waals surface area contributed by atoms with Gasteiger partial charge in [0.15, 0.2) is 0 Å². The van der Waals surface area contributed by atoms with E-state index in [0.29, 0.717) is 10.8 Å². The van der Waals surface area contributed by atoms with Gasteiger partial charge >= 0.3 is 0 Å². The Balaban J connectivity index is 2.95. The Morgan fingerprint density at radius 2 is 2.14 bits per heavy atom. The SMILES string of the molecule is CC=CCC(O)[C@@H](NS(=O)(=O)c1ccc(Cl)s1)[C@@H](C)CC. The van der Waals surface area contributed by atoms with Gasteiger partial charge in [-0.05, 0) is 31.4 Å². The van der Waals surface area contributed by atoms with Crippen LogP contribution in [0.5, 0.6) is 0 Å². The van der Waals surface area contributed by atoms with E-state index >= 15 is 0 Å². The Hall–Kier alpha value is -0.400. The average molecular weight is 352 g/mol. The molecule has 0 spiro atoms. The number of nitrogens with one attached hydrogen (secondary N) is 1. The lowest BCUT2D eigenvalue weighted by atomic mass is 9.93. The van der Waals surface area contributed by atoms with E-state index in [9.17, 15) is 13.5 Å². The number of halogens is 1. The molecule has 0 saturated carbocycles. The molecule has 0 aliphatic carbocycles. The molecule has 0 aromatic carbocycles. The lowest BCUT2D eigenvalue weighted by molar-refractivity contribution is 0.114. The largest absolute Gasteiger partial charge is 0.391 e. The van der Waals surface area contributed by atoms with Crippen LogP contribution in [0.4, 0.5) is 0 Å². The standard InChI is InChI=1S/C14H22ClNO3S2/c1-4-6-7-11(17)14(10(3)5-2)16-21(18,19)13-9-8-12(15)20-13/h4,6,8-11,14,16-17H,5,7H2,1-3H3/t10-,11?,14-/m0/s1. The fraction of sp³-hybridized carbons (Fsp3) is 0.571. The van der Waals surface area contributed by atoms with Crippen LogP contribution in [0, 0.1) is 5.92 Å². The first kappa shape index (κ1) is 18.6. The maximum atomic E-state index is 12.4. The maximum Gasteiger partial charge on any atom is 0.250 e. The molecule has 0 aliphatic heterocycles. The summed E-state index contributed by atoms with van der Waals surface area (Å²) in [4.78, 5) is 0. The molecular weight excluding hydrogens is 330 g/mol. The van der Waals surface area contributed by atoms with Crippen molar-refractivity contribution in [3.63, 3.8) is 0 Å². The summed E-state index contributed by atoms with van der Waals surface area (Å²) < 4.78 is 27.9. The number of aliphatic hydroxyl groups excluding tert-OH is 1. The quantitative estimate of drug-likeness (QED) is 0.705. The van der Waals surface area contributed by atoms with E-state index in [2.05, 4.69) is 4.72 Å². The number of rotatable bonds is 8. The van der Waals surface area contributed by atoms with Gasteiger partial charge in [0.2, 0.25) is 10.0 Å². The third-order valence-corrected chi connectivity index (χ3v) is 6.57. The van der Waals surface area contributed by atoms with Crippen molar-refractivity contribution >= 4 is 33.0 Å². The van der Waals surface area contributed by atoms with Crippen molar-refractivity contribution in [2.75, 3.05) is 0 Å². The second-order valence-corrected chi connectivity index (χ2v) is 8.62. The normalized spacial score (nSPS) is 17.0. The van der Waals surface area contributed by atoms with Gasteiger partial charge in [-0.1, -0.05) is 44.0 Å². The van der Waals surface area contributed by atoms with Crippen LogP contribution in [0.2, 0.25) is 4.34 Å². The first-order valence-electron chi connectivity index (χ1n) is 6.88. The second-order valence-electron chi connectivity index (χ2n) is 4.96. The molecule has 1 aromatic heterocycles. The molecular formula is C14H22ClNO3S2. The molecule has 2 N–H and O–H groups in total. The van der Waals surface area contributed by atoms with Gasteiger partial charge in [0, 0.05) is 0 Å². The minimum atomic E-state index is -3.66. The van der Waals surface area contributed by atoms with Crippen molar-refractivity contribution in [1.29, 1.82) is 0 Å². The summed E-state index contributed by atoms with van der Waals surface area (Å²) >= 11 is 6.80. The smallest absolute Gasteiger partial charge is 0.250 e. The zero-order chi connectivity index (χ0) is 16.0. The van der Waals surface area contributed by atoms with Crippen molar-refractivity contribution in [1.82, 2.24) is 4.72 Å². The number of sulfonamides is 1. The Kier molecular flexibility index (Phi) is 7.36. The summed E-state index contributed by atoms with van der Waals surface area (Å²) in [6, 6.07) is 2.49. The van der Waals surface area contributed by atoms with Crippen molar-refractivity contribution in [3.05, 3.63) is 28.6 Å². The van der Waals surface area contributed by atoms with Crippen LogP contribution in [0.1, 0.15) is 33.6 Å². The fourth-order valence-corrected chi connectivity index (χ4v) is 4.81. The molecule has 3 atom stereocenters. The van der Waals surface area contributed by atoms with E-state index in [1.54, 1.807) is 6.07 Å². The van der Waals surface area contributed by atoms with Gasteiger partial charge in [0.1, 0.15) is 4.21 Å². The third-order valence-electron chi connectivity index (χ3n) is 3.39. The molecule has 0 amide bonds. The Morgan fingerprint density at radius 3 is 2.62 bits per heavy atom. The monoisotopic (exact) mass is 351 g/mol. The molecule has 0 aliphatic rings. The molecule has 1 heterocycles. The number of hydrogen-bond acceptors (Lipinski definition) is 4. The summed E-state index contributed by atoms with van der Waals surface area (Å²) in [7, 11) is -3.66. The number of allylic oxidation sites excluding steroid dienone is 1. The second kappa shape index (κ2) is 8.29. The zero-order valence-corrected chi connectivity index (χ0v) is 14.8. The van der Waals surface area contributed by atoms with E-state index in [-0.39, 0.29) is 10.1 Å². The van der Waals surface area contributed by atoms with Crippen LogP contribution in [0.15, 0.2) is 28.5 Å². The van der Waals surface area contributed by atoms with E-state index in [4.69, 9.17) is 11.6 Å². The number of hydrogen-bond donors (Lipinski definition) is 2. The average Bonchev–Trinajstić information content (AvgIpc) is 2.88. The van der Waals surface area contributed by atoms with E-state index in [1.807, 2.05) is 32.9 Å². The van der Waals surface area contributed by atoms with Crippen LogP contribution in [-0.2, 0) is 10.0 Å². The molecule has 120 valence electrons. The molecule has 0 fully saturated rings. The van der Waals surface area contributed by atoms with Crippen LogP contribution >= 0.6 is 22.9 Å². The van der Waals surface area contributed by atoms with Gasteiger partial charge in [-0.2, -0.15) is 0 Å². The van der Waals surface area contributed by atoms with Gasteiger partial charge < -0.3 is 5.11 Å². The predicted molar refractivity (Wildman–Crippen MR) is 88.3 cm³/mol. The van der Waals surface area contributed by atoms with Crippen molar-refractivity contribution in [3.8, 4) is 0 Å². The molecule has 0 saturated heterocycles. The minimum Gasteiger partial charge on any atom is -0.391 e. The molecule has 21 heavy (non-hydrogen) atoms. The summed E-state index contributed by atoms with van der Waals surface area (Å²) in [6.45, 7) is 5.76. The summed E-state index contributed by atoms with van der Waals surface area (Å²) in [5.74, 6) is 0.0236. The fourth-order valence-electron chi connectivity index (χ4n) is 1.93. The Bertz CT molecular complexity index is 569. The van der Waals surface area contributed by atoms with Crippen LogP contribution in [0.25, 0.3) is 0 Å². The van der Waals surface area contributed by atoms with Crippen molar-refractivity contribution < 1.29 is 13.5 Å². The highest BCUT2D eigenvalue weighted by molar-refractivity contribution is 7.91. The summed E-state index contributed by atoms with van der Waals surface area (Å²) in [6.07, 6.45) is 4.09.